The van der Waals surface area contributed by atoms with Crippen LogP contribution in [0, 0.1) is 0 Å². The second-order valence-corrected chi connectivity index (χ2v) is 8.30. The first-order valence-electron chi connectivity index (χ1n) is 7.58. The number of hydrogen-bond acceptors (Lipinski definition) is 5. The molecule has 0 radical (unpaired) electrons. The Morgan fingerprint density at radius 1 is 1.04 bits per heavy atom. The highest BCUT2D eigenvalue weighted by Crippen LogP contribution is 2.37. The molecule has 0 aliphatic carbocycles. The summed E-state index contributed by atoms with van der Waals surface area (Å²) in [6, 6.07) is 12.6. The Bertz CT molecular complexity index is 975. The molecule has 0 spiro atoms. The summed E-state index contributed by atoms with van der Waals surface area (Å²) < 4.78 is 69.8. The first kappa shape index (κ1) is 19.3. The van der Waals surface area contributed by atoms with Gasteiger partial charge < -0.3 is 4.42 Å². The minimum absolute atomic E-state index is 0.100. The number of rotatable bonds is 6. The number of furan rings is 1. The van der Waals surface area contributed by atoms with Gasteiger partial charge in [0.15, 0.2) is 0 Å². The number of nitrogens with zero attached hydrogens (tertiary/aromatic N) is 2. The summed E-state index contributed by atoms with van der Waals surface area (Å²) in [6.45, 7) is -0.106. The van der Waals surface area contributed by atoms with Gasteiger partial charge in [-0.3, -0.25) is 0 Å². The first-order valence-corrected chi connectivity index (χ1v) is 9.83. The van der Waals surface area contributed by atoms with Crippen molar-refractivity contribution in [2.75, 3.05) is 4.31 Å². The molecule has 0 atom stereocenters. The van der Waals surface area contributed by atoms with Crippen LogP contribution in [-0.4, -0.2) is 18.9 Å². The van der Waals surface area contributed by atoms with Crippen LogP contribution in [0.3, 0.4) is 0 Å². The molecule has 0 aliphatic rings. The van der Waals surface area contributed by atoms with E-state index < -0.39 is 15.5 Å². The number of hydrogen-bond donors (Lipinski definition) is 0. The molecule has 0 bridgehead atoms. The lowest BCUT2D eigenvalue weighted by Crippen LogP contribution is -2.31. The van der Waals surface area contributed by atoms with E-state index in [-0.39, 0.29) is 33.9 Å². The molecule has 0 unspecified atom stereocenters. The highest BCUT2D eigenvalue weighted by Gasteiger charge is 2.30. The maximum atomic E-state index is 13.1. The van der Waals surface area contributed by atoms with Gasteiger partial charge in [0.05, 0.1) is 17.7 Å². The molecule has 2 heterocycles. The van der Waals surface area contributed by atoms with Gasteiger partial charge in [-0.2, -0.15) is 13.2 Å². The van der Waals surface area contributed by atoms with Gasteiger partial charge in [0, 0.05) is 11.1 Å². The van der Waals surface area contributed by atoms with E-state index in [4.69, 9.17) is 4.42 Å². The van der Waals surface area contributed by atoms with Crippen LogP contribution in [0.5, 0.6) is 0 Å². The van der Waals surface area contributed by atoms with Crippen LogP contribution in [0.1, 0.15) is 5.76 Å². The van der Waals surface area contributed by atoms with Crippen molar-refractivity contribution in [3.63, 3.8) is 0 Å². The van der Waals surface area contributed by atoms with Gasteiger partial charge in [-0.15, -0.1) is 0 Å². The Morgan fingerprint density at radius 3 is 2.33 bits per heavy atom. The summed E-state index contributed by atoms with van der Waals surface area (Å²) in [5.74, 6) is 0.566. The lowest BCUT2D eigenvalue weighted by atomic mass is 10.4. The van der Waals surface area contributed by atoms with E-state index >= 15 is 0 Å². The third kappa shape index (κ3) is 4.83. The molecular weight excluding hydrogens is 401 g/mol. The quantitative estimate of drug-likeness (QED) is 0.548. The molecule has 142 valence electrons. The van der Waals surface area contributed by atoms with Crippen LogP contribution in [0.15, 0.2) is 81.3 Å². The van der Waals surface area contributed by atoms with E-state index in [0.717, 1.165) is 28.6 Å². The highest BCUT2D eigenvalue weighted by atomic mass is 32.2. The molecule has 10 heteroatoms. The fourth-order valence-corrected chi connectivity index (χ4v) is 4.20. The number of thioether (sulfide) groups is 1. The minimum atomic E-state index is -4.44. The van der Waals surface area contributed by atoms with Gasteiger partial charge in [0.25, 0.3) is 10.0 Å². The minimum Gasteiger partial charge on any atom is -0.467 e. The molecular formula is C17H13F3N2O3S2. The predicted molar refractivity (Wildman–Crippen MR) is 94.7 cm³/mol. The summed E-state index contributed by atoms with van der Waals surface area (Å²) in [5, 5.41) is 0. The van der Waals surface area contributed by atoms with Gasteiger partial charge in [0.2, 0.25) is 0 Å². The number of benzene rings is 1. The number of aromatic nitrogens is 1. The van der Waals surface area contributed by atoms with Crippen molar-refractivity contribution < 1.29 is 26.0 Å². The second kappa shape index (κ2) is 7.65. The topological polar surface area (TPSA) is 63.4 Å². The normalized spacial score (nSPS) is 12.1. The van der Waals surface area contributed by atoms with Crippen LogP contribution in [0.2, 0.25) is 0 Å². The van der Waals surface area contributed by atoms with Crippen molar-refractivity contribution in [3.05, 3.63) is 72.8 Å². The number of pyridine rings is 1. The second-order valence-electron chi connectivity index (χ2n) is 5.30. The van der Waals surface area contributed by atoms with Crippen LogP contribution >= 0.6 is 11.8 Å². The van der Waals surface area contributed by atoms with E-state index in [1.807, 2.05) is 0 Å². The monoisotopic (exact) mass is 414 g/mol. The maximum absolute atomic E-state index is 13.1. The van der Waals surface area contributed by atoms with Gasteiger partial charge in [0.1, 0.15) is 11.6 Å². The maximum Gasteiger partial charge on any atom is 0.446 e. The van der Waals surface area contributed by atoms with Crippen LogP contribution in [0.4, 0.5) is 19.0 Å². The van der Waals surface area contributed by atoms with Crippen LogP contribution in [0.25, 0.3) is 0 Å². The van der Waals surface area contributed by atoms with Crippen molar-refractivity contribution in [2.45, 2.75) is 21.8 Å². The van der Waals surface area contributed by atoms with E-state index in [1.165, 1.54) is 18.5 Å². The zero-order chi connectivity index (χ0) is 19.5. The summed E-state index contributed by atoms with van der Waals surface area (Å²) in [6.07, 6.45) is 2.87. The third-order valence-corrected chi connectivity index (χ3v) is 5.93. The molecule has 3 rings (SSSR count). The fourth-order valence-electron chi connectivity index (χ4n) is 2.27. The third-order valence-electron chi connectivity index (χ3n) is 3.43. The number of anilines is 1. The van der Waals surface area contributed by atoms with Crippen molar-refractivity contribution in [1.29, 1.82) is 0 Å². The van der Waals surface area contributed by atoms with Crippen molar-refractivity contribution in [3.8, 4) is 0 Å². The van der Waals surface area contributed by atoms with Crippen molar-refractivity contribution in [2.24, 2.45) is 0 Å². The van der Waals surface area contributed by atoms with E-state index in [2.05, 4.69) is 4.98 Å². The van der Waals surface area contributed by atoms with Gasteiger partial charge in [-0.1, -0.05) is 6.07 Å². The molecule has 0 saturated carbocycles. The molecule has 0 aliphatic heterocycles. The zero-order valence-electron chi connectivity index (χ0n) is 13.6. The van der Waals surface area contributed by atoms with Crippen molar-refractivity contribution in [1.82, 2.24) is 4.98 Å². The molecule has 0 N–H and O–H groups in total. The Balaban J connectivity index is 1.95. The van der Waals surface area contributed by atoms with E-state index in [9.17, 15) is 21.6 Å². The van der Waals surface area contributed by atoms with Gasteiger partial charge in [-0.05, 0) is 60.3 Å². The molecule has 0 fully saturated rings. The average Bonchev–Trinajstić information content (AvgIpc) is 3.13. The Hall–Kier alpha value is -2.46. The largest absolute Gasteiger partial charge is 0.467 e. The molecule has 27 heavy (non-hydrogen) atoms. The number of sulfonamides is 1. The highest BCUT2D eigenvalue weighted by molar-refractivity contribution is 8.00. The Morgan fingerprint density at radius 2 is 1.78 bits per heavy atom. The summed E-state index contributed by atoms with van der Waals surface area (Å²) in [7, 11) is -4.07. The smallest absolute Gasteiger partial charge is 0.446 e. The summed E-state index contributed by atoms with van der Waals surface area (Å²) in [5.41, 5.74) is -4.44. The Kier molecular flexibility index (Phi) is 5.47. The number of alkyl halides is 3. The molecule has 2 aromatic heterocycles. The molecule has 0 amide bonds. The van der Waals surface area contributed by atoms with E-state index in [0.29, 0.717) is 5.76 Å². The first-order chi connectivity index (χ1) is 12.8. The van der Waals surface area contributed by atoms with Crippen LogP contribution in [-0.2, 0) is 16.6 Å². The fraction of sp³-hybridized carbons (Fsp3) is 0.118. The van der Waals surface area contributed by atoms with Crippen molar-refractivity contribution >= 4 is 27.6 Å². The average molecular weight is 414 g/mol. The molecule has 0 saturated heterocycles. The lowest BCUT2D eigenvalue weighted by molar-refractivity contribution is -0.0328. The predicted octanol–water partition coefficient (Wildman–Crippen LogP) is 4.68. The standard InChI is InChI=1S/C17H13F3N2O3S2/c18-17(19,20)26-14-6-8-15(9-7-14)27(23,24)22(12-13-4-3-11-25-13)16-5-1-2-10-21-16/h1-11H,12H2. The van der Waals surface area contributed by atoms with E-state index in [1.54, 1.807) is 24.3 Å². The van der Waals surface area contributed by atoms with Gasteiger partial charge >= 0.3 is 5.51 Å². The number of halogens is 3. The Labute approximate surface area is 157 Å². The molecule has 1 aromatic carbocycles. The summed E-state index contributed by atoms with van der Waals surface area (Å²) in [4.78, 5) is 3.82. The summed E-state index contributed by atoms with van der Waals surface area (Å²) >= 11 is -0.307. The lowest BCUT2D eigenvalue weighted by Gasteiger charge is -2.22. The molecule has 3 aromatic rings. The molecule has 5 nitrogen and oxygen atoms in total. The van der Waals surface area contributed by atoms with Gasteiger partial charge in [-0.25, -0.2) is 17.7 Å². The zero-order valence-corrected chi connectivity index (χ0v) is 15.3. The SMILES string of the molecule is O=S(=O)(c1ccc(SC(F)(F)F)cc1)N(Cc1ccco1)c1ccccn1. The van der Waals surface area contributed by atoms with Crippen LogP contribution < -0.4 is 4.31 Å².